The van der Waals surface area contributed by atoms with E-state index < -0.39 is 96.7 Å². The van der Waals surface area contributed by atoms with Gasteiger partial charge in [0.2, 0.25) is 35.4 Å². The molecule has 1 heterocycles. The van der Waals surface area contributed by atoms with Gasteiger partial charge in [-0.3, -0.25) is 33.7 Å². The van der Waals surface area contributed by atoms with Gasteiger partial charge in [-0.15, -0.1) is 0 Å². The molecule has 1 aromatic carbocycles. The Hall–Kier alpha value is -6.36. The van der Waals surface area contributed by atoms with Gasteiger partial charge in [0.25, 0.3) is 0 Å². The van der Waals surface area contributed by atoms with Crippen molar-refractivity contribution in [2.45, 2.75) is 170 Å². The number of rotatable bonds is 30. The van der Waals surface area contributed by atoms with E-state index in [1.54, 1.807) is 70.0 Å². The summed E-state index contributed by atoms with van der Waals surface area (Å²) in [6, 6.07) is 2.76. The Morgan fingerprint density at radius 1 is 0.838 bits per heavy atom. The van der Waals surface area contributed by atoms with Crippen LogP contribution in [0.3, 0.4) is 0 Å². The van der Waals surface area contributed by atoms with Crippen molar-refractivity contribution in [1.82, 2.24) is 36.0 Å². The Morgan fingerprint density at radius 3 is 1.93 bits per heavy atom. The second-order valence-electron chi connectivity index (χ2n) is 20.8. The minimum absolute atomic E-state index is 0.0647. The molecule has 454 valence electrons. The van der Waals surface area contributed by atoms with Crippen molar-refractivity contribution in [1.29, 1.82) is 0 Å². The van der Waals surface area contributed by atoms with Crippen LogP contribution in [0.5, 0.6) is 0 Å². The van der Waals surface area contributed by atoms with Crippen LogP contribution in [0, 0.1) is 23.7 Å². The van der Waals surface area contributed by atoms with Crippen LogP contribution in [0.25, 0.3) is 0 Å². The fourth-order valence-corrected chi connectivity index (χ4v) is 8.88. The first-order chi connectivity index (χ1) is 37.7. The lowest BCUT2D eigenvalue weighted by molar-refractivity contribution is -0.146. The van der Waals surface area contributed by atoms with Crippen LogP contribution in [0.1, 0.15) is 120 Å². The van der Waals surface area contributed by atoms with E-state index in [-0.39, 0.29) is 49.1 Å². The number of amides is 9. The lowest BCUT2D eigenvalue weighted by Gasteiger charge is -2.39. The minimum atomic E-state index is -1.02. The minimum Gasteiger partial charge on any atom is -0.445 e. The molecule has 1 aliphatic heterocycles. The van der Waals surface area contributed by atoms with Crippen LogP contribution in [0.2, 0.25) is 0 Å². The zero-order chi connectivity index (χ0) is 61.4. The number of hydrogen-bond donors (Lipinski definition) is 8. The molecule has 1 fully saturated rings. The molecule has 9 amide bonds. The number of nitrogens with one attached hydrogen (secondary N) is 5. The second-order valence-corrected chi connectivity index (χ2v) is 20.8. The zero-order valence-corrected chi connectivity index (χ0v) is 50.6. The lowest BCUT2D eigenvalue weighted by Crippen LogP contribution is -2.56. The van der Waals surface area contributed by atoms with Crippen molar-refractivity contribution in [2.24, 2.45) is 35.1 Å². The van der Waals surface area contributed by atoms with Crippen LogP contribution >= 0.6 is 0 Å². The number of likely N-dealkylation sites (tertiary alicyclic amines) is 1. The Balaban J connectivity index is 0.00000569. The van der Waals surface area contributed by atoms with E-state index in [0.29, 0.717) is 49.2 Å². The van der Waals surface area contributed by atoms with Gasteiger partial charge in [-0.2, -0.15) is 0 Å². The average molecular weight is 1130 g/mol. The van der Waals surface area contributed by atoms with E-state index in [2.05, 4.69) is 53.6 Å². The highest BCUT2D eigenvalue weighted by atomic mass is 16.6. The molecule has 0 radical (unpaired) electrons. The number of nitrogens with zero attached hydrogens (tertiary/aromatic N) is 3. The molecule has 0 aromatic heterocycles. The van der Waals surface area contributed by atoms with E-state index >= 15 is 0 Å². The fourth-order valence-electron chi connectivity index (χ4n) is 8.88. The van der Waals surface area contributed by atoms with Gasteiger partial charge in [0.1, 0.15) is 12.6 Å². The molecule has 0 bridgehead atoms. The predicted molar refractivity (Wildman–Crippen MR) is 313 cm³/mol. The van der Waals surface area contributed by atoms with Crippen LogP contribution in [-0.2, 0) is 49.6 Å². The van der Waals surface area contributed by atoms with Gasteiger partial charge in [-0.05, 0) is 67.2 Å². The first kappa shape index (κ1) is 73.6. The third kappa shape index (κ3) is 25.0. The van der Waals surface area contributed by atoms with Crippen molar-refractivity contribution >= 4 is 53.3 Å². The predicted octanol–water partition coefficient (Wildman–Crippen LogP) is 5.00. The molecular formula is C58H100N10O12. The number of likely N-dealkylation sites (N-methyl/N-ethyl adjacent to an activating group) is 2. The summed E-state index contributed by atoms with van der Waals surface area (Å²) in [7, 11) is 6.05. The molecule has 1 aromatic rings. The molecule has 80 heavy (non-hydrogen) atoms. The molecule has 10 N–H and O–H groups in total. The third-order valence-electron chi connectivity index (χ3n) is 13.6. The quantitative estimate of drug-likeness (QED) is 0.0471. The molecule has 0 saturated carbocycles. The molecule has 22 heteroatoms. The normalized spacial score (nSPS) is 16.4. The molecule has 0 spiro atoms. The highest BCUT2D eigenvalue weighted by Gasteiger charge is 2.42. The van der Waals surface area contributed by atoms with E-state index in [1.165, 1.54) is 49.6 Å². The fraction of sp³-hybridized carbons (Fsp3) is 0.655. The number of aliphatic hydroxyl groups is 1. The number of benzene rings is 1. The van der Waals surface area contributed by atoms with Crippen molar-refractivity contribution < 1.29 is 57.7 Å². The first-order valence-corrected chi connectivity index (χ1v) is 27.8. The Kier molecular flexibility index (Phi) is 36.0. The number of methoxy groups -OCH3 is 2. The topological polar surface area (TPSA) is 306 Å². The van der Waals surface area contributed by atoms with E-state index in [4.69, 9.17) is 25.7 Å². The summed E-state index contributed by atoms with van der Waals surface area (Å²) in [5.74, 6) is -3.69. The molecule has 22 nitrogen and oxygen atoms in total. The Bertz CT molecular complexity index is 2140. The summed E-state index contributed by atoms with van der Waals surface area (Å²) >= 11 is 0. The molecule has 10 atom stereocenters. The smallest absolute Gasteiger partial charge is 0.410 e. The number of ether oxygens (including phenoxy) is 3. The SMILES string of the molecule is C=C/C=C(\C=C)C(O)C(C)NC(=O)C(C)C(OC)C1CCCN1C(=O)CC(OC)C(C(C)CC)N(C)C(=O)CNC(=O)C(C(C)C)N(C)C(=O)OCc1ccc(NC(=O)CNC(=O)C(N)C(C)C)cc1.CCC.CCCNC(N)=O. The second kappa shape index (κ2) is 39.1. The van der Waals surface area contributed by atoms with Gasteiger partial charge in [0, 0.05) is 47.1 Å². The Labute approximate surface area is 476 Å². The largest absolute Gasteiger partial charge is 0.445 e. The average Bonchev–Trinajstić information content (AvgIpc) is 3.92. The first-order valence-electron chi connectivity index (χ1n) is 27.8. The maximum atomic E-state index is 14.2. The number of carbonyl (C=O) groups excluding carboxylic acids is 8. The van der Waals surface area contributed by atoms with E-state index in [9.17, 15) is 43.5 Å². The molecular weight excluding hydrogens is 1030 g/mol. The van der Waals surface area contributed by atoms with Crippen molar-refractivity contribution in [3.05, 3.63) is 66.8 Å². The van der Waals surface area contributed by atoms with Crippen LogP contribution in [0.4, 0.5) is 15.3 Å². The van der Waals surface area contributed by atoms with Crippen molar-refractivity contribution in [3.8, 4) is 0 Å². The number of urea groups is 1. The molecule has 1 aliphatic rings. The molecule has 2 rings (SSSR count). The maximum Gasteiger partial charge on any atom is 0.410 e. The number of hydrogen-bond acceptors (Lipinski definition) is 13. The highest BCUT2D eigenvalue weighted by Crippen LogP contribution is 2.29. The summed E-state index contributed by atoms with van der Waals surface area (Å²) in [6.07, 6.45) is 5.56. The van der Waals surface area contributed by atoms with Gasteiger partial charge in [0.05, 0.1) is 67.9 Å². The summed E-state index contributed by atoms with van der Waals surface area (Å²) in [5, 5.41) is 24.0. The number of aliphatic hydroxyl groups excluding tert-OH is 1. The number of primary amides is 1. The number of carbonyl (C=O) groups is 8. The summed E-state index contributed by atoms with van der Waals surface area (Å²) in [4.78, 5) is 107. The highest BCUT2D eigenvalue weighted by molar-refractivity contribution is 5.95. The standard InChI is InChI=1S/C51H82N8O11.C4H10N2O.C3H8/c1-15-19-36(17-3)46(63)34(10)55-48(64)33(9)47(69-14)38-20-18-25-59(38)41(61)26-39(68-13)45(32(8)16-2)57(11)42(62)28-54-50(66)44(31(6)7)58(12)51(67)70-29-35-21-23-37(24-22-35)56-40(60)27-53-49(65)43(52)30(4)5;1-2-3-6-4(5)7;1-3-2/h15,17,19,21-24,30-34,38-39,43-47,63H,1,3,16,18,20,25-29,52H2,2,4-14H3,(H,53,65)(H,54,66)(H,55,64)(H,56,60);2-3H2,1H3,(H3,5,6,7);3H2,1-2H3/b36-19+;;. The van der Waals surface area contributed by atoms with Crippen LogP contribution in [-0.4, -0.2) is 170 Å². The molecule has 1 saturated heterocycles. The van der Waals surface area contributed by atoms with Gasteiger partial charge in [0.15, 0.2) is 0 Å². The number of allylic oxidation sites excluding steroid dienone is 2. The molecule has 10 unspecified atom stereocenters. The van der Waals surface area contributed by atoms with Gasteiger partial charge in [-0.1, -0.05) is 126 Å². The zero-order valence-electron chi connectivity index (χ0n) is 50.6. The lowest BCUT2D eigenvalue weighted by atomic mass is 9.90. The number of nitrogens with two attached hydrogens (primary N) is 2. The van der Waals surface area contributed by atoms with Crippen LogP contribution in [0.15, 0.2) is 61.2 Å². The molecule has 0 aliphatic carbocycles. The van der Waals surface area contributed by atoms with Gasteiger partial charge in [-0.25, -0.2) is 9.59 Å². The van der Waals surface area contributed by atoms with Crippen molar-refractivity contribution in [2.75, 3.05) is 59.8 Å². The van der Waals surface area contributed by atoms with Gasteiger partial charge < -0.3 is 67.2 Å². The summed E-state index contributed by atoms with van der Waals surface area (Å²) in [5.41, 5.74) is 12.1. The maximum absolute atomic E-state index is 14.2. The summed E-state index contributed by atoms with van der Waals surface area (Å²) in [6.45, 7) is 28.5. The monoisotopic (exact) mass is 1130 g/mol. The number of anilines is 1. The summed E-state index contributed by atoms with van der Waals surface area (Å²) < 4.78 is 17.4. The Morgan fingerprint density at radius 2 is 1.44 bits per heavy atom. The van der Waals surface area contributed by atoms with Crippen LogP contribution < -0.4 is 38.1 Å². The van der Waals surface area contributed by atoms with Crippen molar-refractivity contribution in [3.63, 3.8) is 0 Å². The third-order valence-corrected chi connectivity index (χ3v) is 13.6. The van der Waals surface area contributed by atoms with E-state index in [1.807, 2.05) is 34.6 Å². The van der Waals surface area contributed by atoms with Gasteiger partial charge >= 0.3 is 12.1 Å². The van der Waals surface area contributed by atoms with E-state index in [0.717, 1.165) is 6.42 Å².